The van der Waals surface area contributed by atoms with E-state index in [0.29, 0.717) is 18.0 Å². The minimum Gasteiger partial charge on any atom is -0.484 e. The van der Waals surface area contributed by atoms with E-state index in [1.807, 2.05) is 42.5 Å². The van der Waals surface area contributed by atoms with Crippen molar-refractivity contribution in [2.24, 2.45) is 0 Å². The molecule has 1 unspecified atom stereocenters. The third kappa shape index (κ3) is 4.01. The molecule has 146 valence electrons. The topological polar surface area (TPSA) is 90.3 Å². The molecule has 0 radical (unpaired) electrons. The third-order valence-electron chi connectivity index (χ3n) is 4.77. The highest BCUT2D eigenvalue weighted by atomic mass is 32.2. The number of aryl methyl sites for hydroxylation is 1. The predicted molar refractivity (Wildman–Crippen MR) is 107 cm³/mol. The van der Waals surface area contributed by atoms with Crippen molar-refractivity contribution in [2.75, 3.05) is 23.4 Å². The van der Waals surface area contributed by atoms with Crippen LogP contribution in [0.3, 0.4) is 0 Å². The fourth-order valence-electron chi connectivity index (χ4n) is 3.44. The van der Waals surface area contributed by atoms with Gasteiger partial charge >= 0.3 is 0 Å². The molecule has 0 saturated carbocycles. The summed E-state index contributed by atoms with van der Waals surface area (Å²) in [5, 5.41) is 9.29. The molecule has 2 aromatic carbocycles. The molecular formula is C20H21N3O4S. The van der Waals surface area contributed by atoms with Crippen LogP contribution in [-0.2, 0) is 14.6 Å². The van der Waals surface area contributed by atoms with Crippen LogP contribution >= 0.6 is 0 Å². The maximum Gasteiger partial charge on any atom is 0.263 e. The zero-order valence-electron chi connectivity index (χ0n) is 15.5. The molecule has 1 aliphatic heterocycles. The lowest BCUT2D eigenvalue weighted by molar-refractivity contribution is -0.118. The second-order valence-corrected chi connectivity index (χ2v) is 9.25. The van der Waals surface area contributed by atoms with E-state index in [9.17, 15) is 13.2 Å². The second-order valence-electron chi connectivity index (χ2n) is 7.02. The quantitative estimate of drug-likeness (QED) is 0.712. The van der Waals surface area contributed by atoms with Crippen molar-refractivity contribution in [3.63, 3.8) is 0 Å². The van der Waals surface area contributed by atoms with Crippen LogP contribution < -0.4 is 10.1 Å². The number of sulfone groups is 1. The maximum absolute atomic E-state index is 12.4. The van der Waals surface area contributed by atoms with E-state index in [1.165, 1.54) is 0 Å². The summed E-state index contributed by atoms with van der Waals surface area (Å²) in [5.41, 5.74) is 0.718. The summed E-state index contributed by atoms with van der Waals surface area (Å²) in [6.45, 7) is 1.66. The largest absolute Gasteiger partial charge is 0.484 e. The molecule has 28 heavy (non-hydrogen) atoms. The van der Waals surface area contributed by atoms with Gasteiger partial charge in [0.1, 0.15) is 11.6 Å². The van der Waals surface area contributed by atoms with E-state index in [1.54, 1.807) is 17.7 Å². The van der Waals surface area contributed by atoms with Gasteiger partial charge in [-0.1, -0.05) is 30.3 Å². The summed E-state index contributed by atoms with van der Waals surface area (Å²) in [4.78, 5) is 12.4. The lowest BCUT2D eigenvalue weighted by Crippen LogP contribution is -2.23. The number of ether oxygens (including phenoxy) is 1. The molecule has 1 amide bonds. The molecule has 4 rings (SSSR count). The average molecular weight is 399 g/mol. The number of carbonyl (C=O) groups is 1. The SMILES string of the molecule is Cc1cc(NC(=O)COc2ccc3ccccc3c2)n(C2CCS(=O)(=O)C2)n1. The Hall–Kier alpha value is -2.87. The number of hydrogen-bond donors (Lipinski definition) is 1. The number of carbonyl (C=O) groups excluding carboxylic acids is 1. The first-order chi connectivity index (χ1) is 13.4. The summed E-state index contributed by atoms with van der Waals surface area (Å²) in [6, 6.07) is 15.1. The smallest absolute Gasteiger partial charge is 0.263 e. The van der Waals surface area contributed by atoms with Crippen LogP contribution in [-0.4, -0.2) is 42.2 Å². The summed E-state index contributed by atoms with van der Waals surface area (Å²) in [5.74, 6) is 0.974. The highest BCUT2D eigenvalue weighted by molar-refractivity contribution is 7.91. The van der Waals surface area contributed by atoms with Crippen molar-refractivity contribution in [2.45, 2.75) is 19.4 Å². The predicted octanol–water partition coefficient (Wildman–Crippen LogP) is 2.72. The maximum atomic E-state index is 12.4. The number of nitrogens with one attached hydrogen (secondary N) is 1. The Morgan fingerprint density at radius 1 is 1.21 bits per heavy atom. The van der Waals surface area contributed by atoms with E-state index in [2.05, 4.69) is 10.4 Å². The molecule has 3 aromatic rings. The van der Waals surface area contributed by atoms with Crippen LogP contribution in [0.1, 0.15) is 18.2 Å². The van der Waals surface area contributed by atoms with Gasteiger partial charge in [-0.3, -0.25) is 4.79 Å². The van der Waals surface area contributed by atoms with Crippen molar-refractivity contribution in [3.8, 4) is 5.75 Å². The van der Waals surface area contributed by atoms with E-state index in [4.69, 9.17) is 4.74 Å². The fraction of sp³-hybridized carbons (Fsp3) is 0.300. The molecule has 1 N–H and O–H groups in total. The molecule has 1 aromatic heterocycles. The standard InChI is InChI=1S/C20H21N3O4S/c1-14-10-19(23(22-14)17-8-9-28(25,26)13-17)21-20(24)12-27-18-7-6-15-4-2-3-5-16(15)11-18/h2-7,10-11,17H,8-9,12-13H2,1H3,(H,21,24). The average Bonchev–Trinajstić information content (AvgIpc) is 3.21. The molecule has 7 nitrogen and oxygen atoms in total. The van der Waals surface area contributed by atoms with Gasteiger partial charge in [0, 0.05) is 6.07 Å². The second kappa shape index (κ2) is 7.27. The van der Waals surface area contributed by atoms with Gasteiger partial charge in [-0.05, 0) is 36.2 Å². The van der Waals surface area contributed by atoms with Crippen LogP contribution in [0.25, 0.3) is 10.8 Å². The molecule has 0 bridgehead atoms. The summed E-state index contributed by atoms with van der Waals surface area (Å²) < 4.78 is 30.7. The number of amides is 1. The minimum atomic E-state index is -3.04. The summed E-state index contributed by atoms with van der Waals surface area (Å²) in [7, 11) is -3.04. The van der Waals surface area contributed by atoms with Crippen LogP contribution in [0.5, 0.6) is 5.75 Å². The Morgan fingerprint density at radius 2 is 2.00 bits per heavy atom. The molecule has 1 fully saturated rings. The zero-order chi connectivity index (χ0) is 19.7. The first-order valence-electron chi connectivity index (χ1n) is 9.08. The Morgan fingerprint density at radius 3 is 2.75 bits per heavy atom. The van der Waals surface area contributed by atoms with Crippen LogP contribution in [0.15, 0.2) is 48.5 Å². The number of nitrogens with zero attached hydrogens (tertiary/aromatic N) is 2. The van der Waals surface area contributed by atoms with Crippen molar-refractivity contribution >= 4 is 32.3 Å². The molecular weight excluding hydrogens is 378 g/mol. The normalized spacial score (nSPS) is 18.2. The van der Waals surface area contributed by atoms with E-state index >= 15 is 0 Å². The van der Waals surface area contributed by atoms with Gasteiger partial charge in [0.05, 0.1) is 23.2 Å². The van der Waals surface area contributed by atoms with Crippen LogP contribution in [0, 0.1) is 6.92 Å². The van der Waals surface area contributed by atoms with Gasteiger partial charge in [-0.15, -0.1) is 0 Å². The number of benzene rings is 2. The first kappa shape index (κ1) is 18.5. The molecule has 0 spiro atoms. The lowest BCUT2D eigenvalue weighted by Gasteiger charge is -2.14. The number of rotatable bonds is 5. The van der Waals surface area contributed by atoms with Crippen molar-refractivity contribution < 1.29 is 17.9 Å². The fourth-order valence-corrected chi connectivity index (χ4v) is 5.13. The van der Waals surface area contributed by atoms with Gasteiger partial charge in [0.15, 0.2) is 16.4 Å². The minimum absolute atomic E-state index is 0.0462. The van der Waals surface area contributed by atoms with Crippen molar-refractivity contribution in [1.82, 2.24) is 9.78 Å². The van der Waals surface area contributed by atoms with Gasteiger partial charge in [-0.25, -0.2) is 13.1 Å². The third-order valence-corrected chi connectivity index (χ3v) is 6.52. The highest BCUT2D eigenvalue weighted by Crippen LogP contribution is 2.27. The molecule has 2 heterocycles. The summed E-state index contributed by atoms with van der Waals surface area (Å²) in [6.07, 6.45) is 0.500. The molecule has 1 saturated heterocycles. The van der Waals surface area contributed by atoms with Crippen molar-refractivity contribution in [3.05, 3.63) is 54.2 Å². The number of aromatic nitrogens is 2. The lowest BCUT2D eigenvalue weighted by atomic mass is 10.1. The highest BCUT2D eigenvalue weighted by Gasteiger charge is 2.31. The van der Waals surface area contributed by atoms with Gasteiger partial charge in [0.25, 0.3) is 5.91 Å². The Kier molecular flexibility index (Phi) is 4.80. The molecule has 1 atom stereocenters. The van der Waals surface area contributed by atoms with E-state index in [-0.39, 0.29) is 30.1 Å². The Bertz CT molecular complexity index is 1140. The van der Waals surface area contributed by atoms with E-state index < -0.39 is 9.84 Å². The number of fused-ring (bicyclic) bond motifs is 1. The molecule has 0 aliphatic carbocycles. The van der Waals surface area contributed by atoms with Crippen LogP contribution in [0.2, 0.25) is 0 Å². The van der Waals surface area contributed by atoms with Crippen molar-refractivity contribution in [1.29, 1.82) is 0 Å². The first-order valence-corrected chi connectivity index (χ1v) is 10.9. The number of anilines is 1. The monoisotopic (exact) mass is 399 g/mol. The molecule has 8 heteroatoms. The van der Waals surface area contributed by atoms with Gasteiger partial charge in [-0.2, -0.15) is 5.10 Å². The van der Waals surface area contributed by atoms with Gasteiger partial charge in [0.2, 0.25) is 0 Å². The Labute approximate surface area is 163 Å². The van der Waals surface area contributed by atoms with E-state index in [0.717, 1.165) is 16.5 Å². The Balaban J connectivity index is 1.42. The van der Waals surface area contributed by atoms with Crippen LogP contribution in [0.4, 0.5) is 5.82 Å². The zero-order valence-corrected chi connectivity index (χ0v) is 16.3. The molecule has 1 aliphatic rings. The summed E-state index contributed by atoms with van der Waals surface area (Å²) >= 11 is 0. The van der Waals surface area contributed by atoms with Gasteiger partial charge < -0.3 is 10.1 Å². The number of hydrogen-bond acceptors (Lipinski definition) is 5.